The summed E-state index contributed by atoms with van der Waals surface area (Å²) in [5, 5.41) is 11.7. The number of aryl methyl sites for hydroxylation is 1. The highest BCUT2D eigenvalue weighted by molar-refractivity contribution is 5.86. The van der Waals surface area contributed by atoms with Crippen LogP contribution >= 0.6 is 0 Å². The average molecular weight is 380 g/mol. The van der Waals surface area contributed by atoms with Crippen molar-refractivity contribution in [3.63, 3.8) is 0 Å². The van der Waals surface area contributed by atoms with Crippen molar-refractivity contribution in [2.75, 3.05) is 0 Å². The smallest absolute Gasteiger partial charge is 0.237 e. The van der Waals surface area contributed by atoms with Gasteiger partial charge in [-0.05, 0) is 42.3 Å². The molecule has 4 aromatic rings. The highest BCUT2D eigenvalue weighted by Gasteiger charge is 2.13. The molecular formula is C25H20N2O2. The summed E-state index contributed by atoms with van der Waals surface area (Å²) in [6, 6.07) is 24.3. The summed E-state index contributed by atoms with van der Waals surface area (Å²) in [4.78, 5) is 4.40. The van der Waals surface area contributed by atoms with E-state index in [1.165, 1.54) is 10.8 Å². The lowest BCUT2D eigenvalue weighted by atomic mass is 10.1. The number of rotatable bonds is 5. The Hall–Kier alpha value is -3.84. The first-order chi connectivity index (χ1) is 14.2. The van der Waals surface area contributed by atoms with E-state index in [2.05, 4.69) is 35.3 Å². The Morgan fingerprint density at radius 1 is 1.00 bits per heavy atom. The second-order valence-electron chi connectivity index (χ2n) is 6.80. The molecule has 0 spiro atoms. The quantitative estimate of drug-likeness (QED) is 0.384. The number of hydrogen-bond acceptors (Lipinski definition) is 4. The molecule has 0 saturated carbocycles. The topological polar surface area (TPSA) is 58.5 Å². The normalized spacial score (nSPS) is 11.1. The maximum atomic E-state index is 9.35. The third kappa shape index (κ3) is 3.76. The molecule has 0 aliphatic heterocycles. The van der Waals surface area contributed by atoms with Crippen LogP contribution in [-0.4, -0.2) is 6.21 Å². The first-order valence-electron chi connectivity index (χ1n) is 9.40. The molecular weight excluding hydrogens is 360 g/mol. The second-order valence-corrected chi connectivity index (χ2v) is 6.80. The molecule has 0 atom stereocenters. The minimum absolute atomic E-state index is 0.325. The predicted octanol–water partition coefficient (Wildman–Crippen LogP) is 6.25. The van der Waals surface area contributed by atoms with Crippen LogP contribution in [-0.2, 0) is 6.61 Å². The molecule has 0 aliphatic rings. The van der Waals surface area contributed by atoms with Gasteiger partial charge in [-0.2, -0.15) is 5.26 Å². The Morgan fingerprint density at radius 2 is 1.76 bits per heavy atom. The van der Waals surface area contributed by atoms with E-state index < -0.39 is 0 Å². The first-order valence-corrected chi connectivity index (χ1v) is 9.40. The number of benzene rings is 3. The van der Waals surface area contributed by atoms with Crippen LogP contribution in [0.25, 0.3) is 10.8 Å². The van der Waals surface area contributed by atoms with E-state index in [-0.39, 0.29) is 0 Å². The van der Waals surface area contributed by atoms with Crippen molar-refractivity contribution >= 4 is 22.9 Å². The zero-order valence-electron chi connectivity index (χ0n) is 16.3. The average Bonchev–Trinajstić information content (AvgIpc) is 3.04. The molecule has 1 aromatic heterocycles. The first kappa shape index (κ1) is 18.5. The van der Waals surface area contributed by atoms with E-state index in [0.29, 0.717) is 23.8 Å². The molecule has 0 amide bonds. The van der Waals surface area contributed by atoms with E-state index in [1.54, 1.807) is 6.21 Å². The Bertz CT molecular complexity index is 1240. The molecule has 1 heterocycles. The Morgan fingerprint density at radius 3 is 2.62 bits per heavy atom. The fourth-order valence-electron chi connectivity index (χ4n) is 3.25. The number of nitriles is 1. The number of fused-ring (bicyclic) bond motifs is 1. The number of nitrogens with zero attached hydrogens (tertiary/aromatic N) is 2. The van der Waals surface area contributed by atoms with E-state index in [0.717, 1.165) is 22.4 Å². The minimum Gasteiger partial charge on any atom is -0.488 e. The van der Waals surface area contributed by atoms with Gasteiger partial charge in [0.2, 0.25) is 5.88 Å². The molecule has 142 valence electrons. The molecule has 0 saturated heterocycles. The van der Waals surface area contributed by atoms with Gasteiger partial charge in [0.25, 0.3) is 0 Å². The monoisotopic (exact) mass is 380 g/mol. The van der Waals surface area contributed by atoms with Gasteiger partial charge in [0.05, 0.1) is 0 Å². The summed E-state index contributed by atoms with van der Waals surface area (Å²) >= 11 is 0. The fraction of sp³-hybridized carbons (Fsp3) is 0.120. The van der Waals surface area contributed by atoms with Gasteiger partial charge in [-0.15, -0.1) is 0 Å². The lowest BCUT2D eigenvalue weighted by Crippen LogP contribution is -1.99. The number of aliphatic imine (C=N–C) groups is 1. The Kier molecular flexibility index (Phi) is 5.13. The zero-order chi connectivity index (χ0) is 20.2. The third-order valence-electron chi connectivity index (χ3n) is 4.98. The van der Waals surface area contributed by atoms with Crippen molar-refractivity contribution in [3.8, 4) is 11.8 Å². The van der Waals surface area contributed by atoms with Gasteiger partial charge < -0.3 is 9.15 Å². The summed E-state index contributed by atoms with van der Waals surface area (Å²) in [5.74, 6) is 1.75. The van der Waals surface area contributed by atoms with Crippen LogP contribution in [0.15, 0.2) is 76.1 Å². The summed E-state index contributed by atoms with van der Waals surface area (Å²) in [5.41, 5.74) is 3.23. The summed E-state index contributed by atoms with van der Waals surface area (Å²) in [6.07, 6.45) is 1.68. The molecule has 0 bridgehead atoms. The molecule has 4 nitrogen and oxygen atoms in total. The van der Waals surface area contributed by atoms with Crippen LogP contribution in [0, 0.1) is 25.2 Å². The van der Waals surface area contributed by atoms with Gasteiger partial charge in [-0.25, -0.2) is 4.99 Å². The molecule has 4 heteroatoms. The largest absolute Gasteiger partial charge is 0.488 e. The van der Waals surface area contributed by atoms with Crippen LogP contribution < -0.4 is 4.74 Å². The van der Waals surface area contributed by atoms with Gasteiger partial charge in [0.15, 0.2) is 0 Å². The molecule has 0 radical (unpaired) electrons. The van der Waals surface area contributed by atoms with Crippen LogP contribution in [0.1, 0.15) is 28.0 Å². The lowest BCUT2D eigenvalue weighted by molar-refractivity contribution is 0.307. The van der Waals surface area contributed by atoms with E-state index in [9.17, 15) is 5.26 Å². The summed E-state index contributed by atoms with van der Waals surface area (Å²) in [6.45, 7) is 4.14. The minimum atomic E-state index is 0.325. The fourth-order valence-corrected chi connectivity index (χ4v) is 3.25. The van der Waals surface area contributed by atoms with Crippen molar-refractivity contribution in [3.05, 3.63) is 94.7 Å². The SMILES string of the molecule is Cc1oc(N=Cc2ccccc2OCc2cccc3ccccc23)c(C#N)c1C. The van der Waals surface area contributed by atoms with Gasteiger partial charge in [-0.3, -0.25) is 0 Å². The number of para-hydroxylation sites is 1. The molecule has 0 unspecified atom stereocenters. The molecule has 0 fully saturated rings. The van der Waals surface area contributed by atoms with Crippen LogP contribution in [0.4, 0.5) is 5.88 Å². The molecule has 0 aliphatic carbocycles. The number of ether oxygens (including phenoxy) is 1. The number of hydrogen-bond donors (Lipinski definition) is 0. The van der Waals surface area contributed by atoms with Gasteiger partial charge in [-0.1, -0.05) is 54.6 Å². The number of furan rings is 1. The predicted molar refractivity (Wildman–Crippen MR) is 115 cm³/mol. The maximum absolute atomic E-state index is 9.35. The van der Waals surface area contributed by atoms with Crippen LogP contribution in [0.5, 0.6) is 5.75 Å². The summed E-state index contributed by atoms with van der Waals surface area (Å²) < 4.78 is 11.7. The molecule has 29 heavy (non-hydrogen) atoms. The maximum Gasteiger partial charge on any atom is 0.237 e. The molecule has 3 aromatic carbocycles. The molecule has 0 N–H and O–H groups in total. The second kappa shape index (κ2) is 8.04. The standard InChI is InChI=1S/C25H20N2O2/c1-17-18(2)29-25(23(17)14-26)27-15-20-9-4-6-13-24(20)28-16-21-11-7-10-19-8-3-5-12-22(19)21/h3-13,15H,16H2,1-2H3. The van der Waals surface area contributed by atoms with Crippen molar-refractivity contribution in [2.24, 2.45) is 4.99 Å². The van der Waals surface area contributed by atoms with Crippen LogP contribution in [0.3, 0.4) is 0 Å². The summed E-state index contributed by atoms with van der Waals surface area (Å²) in [7, 11) is 0. The van der Waals surface area contributed by atoms with E-state index in [4.69, 9.17) is 9.15 Å². The lowest BCUT2D eigenvalue weighted by Gasteiger charge is -2.11. The van der Waals surface area contributed by atoms with Crippen molar-refractivity contribution < 1.29 is 9.15 Å². The van der Waals surface area contributed by atoms with Crippen molar-refractivity contribution in [1.29, 1.82) is 5.26 Å². The molecule has 4 rings (SSSR count). The highest BCUT2D eigenvalue weighted by atomic mass is 16.5. The van der Waals surface area contributed by atoms with Gasteiger partial charge in [0, 0.05) is 17.3 Å². The van der Waals surface area contributed by atoms with E-state index in [1.807, 2.05) is 56.3 Å². The van der Waals surface area contributed by atoms with Crippen LogP contribution in [0.2, 0.25) is 0 Å². The Labute approximate surface area is 169 Å². The highest BCUT2D eigenvalue weighted by Crippen LogP contribution is 2.28. The van der Waals surface area contributed by atoms with Crippen molar-refractivity contribution in [1.82, 2.24) is 0 Å². The third-order valence-corrected chi connectivity index (χ3v) is 4.98. The Balaban J connectivity index is 1.59. The van der Waals surface area contributed by atoms with Crippen molar-refractivity contribution in [2.45, 2.75) is 20.5 Å². The van der Waals surface area contributed by atoms with Gasteiger partial charge in [0.1, 0.15) is 29.7 Å². The van der Waals surface area contributed by atoms with Gasteiger partial charge >= 0.3 is 0 Å². The van der Waals surface area contributed by atoms with E-state index >= 15 is 0 Å². The zero-order valence-corrected chi connectivity index (χ0v) is 16.3.